The van der Waals surface area contributed by atoms with Crippen LogP contribution >= 0.6 is 0 Å². The molecule has 1 heterocycles. The molecule has 0 aliphatic carbocycles. The molecule has 3 nitrogen and oxygen atoms in total. The molecule has 3 N–H and O–H groups in total. The minimum Gasteiger partial charge on any atom is -0.378 e. The van der Waals surface area contributed by atoms with Crippen LogP contribution in [-0.2, 0) is 4.74 Å². The average Bonchev–Trinajstić information content (AvgIpc) is 2.87. The van der Waals surface area contributed by atoms with Gasteiger partial charge >= 0.3 is 0 Å². The number of rotatable bonds is 5. The van der Waals surface area contributed by atoms with Gasteiger partial charge in [-0.25, -0.2) is 4.39 Å². The van der Waals surface area contributed by atoms with Gasteiger partial charge in [0.15, 0.2) is 0 Å². The van der Waals surface area contributed by atoms with Gasteiger partial charge in [0.1, 0.15) is 5.82 Å². The predicted octanol–water partition coefficient (Wildman–Crippen LogP) is 2.60. The van der Waals surface area contributed by atoms with Crippen molar-refractivity contribution in [1.29, 1.82) is 0 Å². The summed E-state index contributed by atoms with van der Waals surface area (Å²) in [5, 5.41) is 0. The number of benzene rings is 1. The van der Waals surface area contributed by atoms with Crippen molar-refractivity contribution in [2.45, 2.75) is 44.8 Å². The largest absolute Gasteiger partial charge is 0.378 e. The molecule has 0 saturated carbocycles. The molecule has 1 aliphatic rings. The first-order valence-corrected chi connectivity index (χ1v) is 6.54. The highest BCUT2D eigenvalue weighted by Crippen LogP contribution is 2.24. The van der Waals surface area contributed by atoms with Crippen molar-refractivity contribution < 1.29 is 9.13 Å². The first kappa shape index (κ1) is 13.5. The molecule has 1 aromatic rings. The molecule has 18 heavy (non-hydrogen) atoms. The standard InChI is InChI=1S/C14H21FN2O/c1-10-9-11(4-6-13(10)15)14(17-16)7-5-12-3-2-8-18-12/h4,6,9,12,14,17H,2-3,5,7-8,16H2,1H3. The van der Waals surface area contributed by atoms with Gasteiger partial charge < -0.3 is 4.74 Å². The Kier molecular flexibility index (Phi) is 4.69. The van der Waals surface area contributed by atoms with Crippen LogP contribution in [0.4, 0.5) is 4.39 Å². The summed E-state index contributed by atoms with van der Waals surface area (Å²) in [4.78, 5) is 0. The van der Waals surface area contributed by atoms with Crippen molar-refractivity contribution in [3.63, 3.8) is 0 Å². The number of hydrogen-bond acceptors (Lipinski definition) is 3. The van der Waals surface area contributed by atoms with Gasteiger partial charge in [0.25, 0.3) is 0 Å². The summed E-state index contributed by atoms with van der Waals surface area (Å²) in [5.74, 6) is 5.42. The first-order chi connectivity index (χ1) is 8.70. The molecule has 1 aliphatic heterocycles. The van der Waals surface area contributed by atoms with E-state index in [2.05, 4.69) is 5.43 Å². The number of hydrazine groups is 1. The Morgan fingerprint density at radius 3 is 3.00 bits per heavy atom. The minimum absolute atomic E-state index is 0.0634. The van der Waals surface area contributed by atoms with Crippen LogP contribution < -0.4 is 11.3 Å². The quantitative estimate of drug-likeness (QED) is 0.625. The van der Waals surface area contributed by atoms with Crippen LogP contribution in [0.15, 0.2) is 18.2 Å². The van der Waals surface area contributed by atoms with E-state index in [0.29, 0.717) is 11.7 Å². The maximum absolute atomic E-state index is 13.2. The third-order valence-corrected chi connectivity index (χ3v) is 3.59. The van der Waals surface area contributed by atoms with Crippen molar-refractivity contribution in [3.8, 4) is 0 Å². The highest BCUT2D eigenvalue weighted by atomic mass is 19.1. The average molecular weight is 252 g/mol. The van der Waals surface area contributed by atoms with Crippen LogP contribution in [-0.4, -0.2) is 12.7 Å². The van der Waals surface area contributed by atoms with Crippen LogP contribution in [0.2, 0.25) is 0 Å². The van der Waals surface area contributed by atoms with Crippen LogP contribution in [0.25, 0.3) is 0 Å². The van der Waals surface area contributed by atoms with Gasteiger partial charge in [0.05, 0.1) is 6.10 Å². The van der Waals surface area contributed by atoms with E-state index in [1.807, 2.05) is 6.07 Å². The molecule has 2 rings (SSSR count). The Labute approximate surface area is 107 Å². The lowest BCUT2D eigenvalue weighted by molar-refractivity contribution is 0.0996. The fraction of sp³-hybridized carbons (Fsp3) is 0.571. The second kappa shape index (κ2) is 6.27. The van der Waals surface area contributed by atoms with E-state index in [1.54, 1.807) is 13.0 Å². The fourth-order valence-electron chi connectivity index (χ4n) is 2.46. The fourth-order valence-corrected chi connectivity index (χ4v) is 2.46. The number of ether oxygens (including phenoxy) is 1. The zero-order valence-corrected chi connectivity index (χ0v) is 10.8. The van der Waals surface area contributed by atoms with E-state index in [-0.39, 0.29) is 11.9 Å². The van der Waals surface area contributed by atoms with Gasteiger partial charge in [-0.3, -0.25) is 11.3 Å². The van der Waals surface area contributed by atoms with E-state index in [4.69, 9.17) is 10.6 Å². The molecule has 0 aromatic heterocycles. The van der Waals surface area contributed by atoms with Crippen LogP contribution in [0, 0.1) is 12.7 Å². The normalized spacial score (nSPS) is 21.2. The minimum atomic E-state index is -0.173. The van der Waals surface area contributed by atoms with Crippen LogP contribution in [0.5, 0.6) is 0 Å². The molecule has 0 bridgehead atoms. The van der Waals surface area contributed by atoms with Crippen LogP contribution in [0.1, 0.15) is 42.9 Å². The number of halogens is 1. The van der Waals surface area contributed by atoms with Gasteiger partial charge in [-0.05, 0) is 49.8 Å². The maximum atomic E-state index is 13.2. The summed E-state index contributed by atoms with van der Waals surface area (Å²) >= 11 is 0. The topological polar surface area (TPSA) is 47.3 Å². The highest BCUT2D eigenvalue weighted by Gasteiger charge is 2.18. The summed E-state index contributed by atoms with van der Waals surface area (Å²) in [7, 11) is 0. The van der Waals surface area contributed by atoms with E-state index in [1.165, 1.54) is 6.07 Å². The maximum Gasteiger partial charge on any atom is 0.126 e. The molecule has 0 spiro atoms. The summed E-state index contributed by atoms with van der Waals surface area (Å²) in [6, 6.07) is 5.22. The molecule has 2 atom stereocenters. The smallest absolute Gasteiger partial charge is 0.126 e. The van der Waals surface area contributed by atoms with Crippen molar-refractivity contribution in [2.75, 3.05) is 6.61 Å². The lowest BCUT2D eigenvalue weighted by atomic mass is 9.98. The summed E-state index contributed by atoms with van der Waals surface area (Å²) in [6.07, 6.45) is 4.56. The van der Waals surface area contributed by atoms with Gasteiger partial charge in [0.2, 0.25) is 0 Å². The Morgan fingerprint density at radius 1 is 1.56 bits per heavy atom. The number of nitrogens with one attached hydrogen (secondary N) is 1. The lowest BCUT2D eigenvalue weighted by Crippen LogP contribution is -2.29. The Balaban J connectivity index is 1.96. The molecule has 4 heteroatoms. The molecule has 1 saturated heterocycles. The van der Waals surface area contributed by atoms with E-state index in [0.717, 1.165) is 37.9 Å². The second-order valence-electron chi connectivity index (χ2n) is 4.94. The molecule has 0 radical (unpaired) electrons. The number of hydrogen-bond donors (Lipinski definition) is 2. The molecular weight excluding hydrogens is 231 g/mol. The Hall–Kier alpha value is -0.970. The lowest BCUT2D eigenvalue weighted by Gasteiger charge is -2.19. The third kappa shape index (κ3) is 3.28. The van der Waals surface area contributed by atoms with Gasteiger partial charge in [-0.2, -0.15) is 0 Å². The predicted molar refractivity (Wildman–Crippen MR) is 69.4 cm³/mol. The zero-order valence-electron chi connectivity index (χ0n) is 10.8. The first-order valence-electron chi connectivity index (χ1n) is 6.54. The van der Waals surface area contributed by atoms with Gasteiger partial charge in [-0.1, -0.05) is 12.1 Å². The number of nitrogens with two attached hydrogens (primary N) is 1. The molecule has 1 aromatic carbocycles. The number of aryl methyl sites for hydroxylation is 1. The van der Waals surface area contributed by atoms with E-state index in [9.17, 15) is 4.39 Å². The Bertz CT molecular complexity index is 391. The zero-order chi connectivity index (χ0) is 13.0. The van der Waals surface area contributed by atoms with Gasteiger partial charge in [0, 0.05) is 12.6 Å². The monoisotopic (exact) mass is 252 g/mol. The third-order valence-electron chi connectivity index (χ3n) is 3.59. The molecular formula is C14H21FN2O. The highest BCUT2D eigenvalue weighted by molar-refractivity contribution is 5.26. The van der Waals surface area contributed by atoms with Crippen LogP contribution in [0.3, 0.4) is 0 Å². The van der Waals surface area contributed by atoms with Crippen molar-refractivity contribution in [3.05, 3.63) is 35.1 Å². The summed E-state index contributed by atoms with van der Waals surface area (Å²) in [6.45, 7) is 2.65. The Morgan fingerprint density at radius 2 is 2.39 bits per heavy atom. The summed E-state index contributed by atoms with van der Waals surface area (Å²) < 4.78 is 18.8. The molecule has 100 valence electrons. The molecule has 1 fully saturated rings. The van der Waals surface area contributed by atoms with E-state index < -0.39 is 0 Å². The molecule has 2 unspecified atom stereocenters. The van der Waals surface area contributed by atoms with Gasteiger partial charge in [-0.15, -0.1) is 0 Å². The summed E-state index contributed by atoms with van der Waals surface area (Å²) in [5.41, 5.74) is 4.50. The van der Waals surface area contributed by atoms with Crippen molar-refractivity contribution >= 4 is 0 Å². The molecule has 0 amide bonds. The second-order valence-corrected chi connectivity index (χ2v) is 4.94. The van der Waals surface area contributed by atoms with E-state index >= 15 is 0 Å². The van der Waals surface area contributed by atoms with Crippen molar-refractivity contribution in [2.24, 2.45) is 5.84 Å². The SMILES string of the molecule is Cc1cc(C(CCC2CCCO2)NN)ccc1F. The van der Waals surface area contributed by atoms with Crippen molar-refractivity contribution in [1.82, 2.24) is 5.43 Å².